The summed E-state index contributed by atoms with van der Waals surface area (Å²) in [5, 5.41) is 13.7. The van der Waals surface area contributed by atoms with Crippen molar-refractivity contribution in [2.45, 2.75) is 19.4 Å². The van der Waals surface area contributed by atoms with E-state index in [9.17, 15) is 4.79 Å². The lowest BCUT2D eigenvalue weighted by molar-refractivity contribution is 0.0698. The number of carboxylic acids is 1. The van der Waals surface area contributed by atoms with Crippen molar-refractivity contribution in [1.82, 2.24) is 4.98 Å². The van der Waals surface area contributed by atoms with Crippen molar-refractivity contribution in [3.8, 4) is 12.3 Å². The monoisotopic (exact) mass is 254 g/mol. The molecule has 0 unspecified atom stereocenters. The summed E-state index contributed by atoms with van der Waals surface area (Å²) >= 11 is 0. The fraction of sp³-hybridized carbons (Fsp3) is 0.200. The number of aromatic nitrogens is 1. The van der Waals surface area contributed by atoms with Crippen LogP contribution in [0.4, 0.5) is 5.82 Å². The standard InChI is InChI=1S/C15H14N2O2/c1-4-15(2,3)17-13-11-8-6-5-7-10(11)12(9-16-13)14(18)19/h1,5-9H,2-3H3,(H,16,17)(H,18,19). The summed E-state index contributed by atoms with van der Waals surface area (Å²) in [7, 11) is 0. The van der Waals surface area contributed by atoms with Gasteiger partial charge in [-0.25, -0.2) is 9.78 Å². The zero-order chi connectivity index (χ0) is 14.0. The summed E-state index contributed by atoms with van der Waals surface area (Å²) in [6, 6.07) is 7.22. The predicted octanol–water partition coefficient (Wildman–Crippen LogP) is 2.76. The van der Waals surface area contributed by atoms with E-state index in [1.54, 1.807) is 12.1 Å². The lowest BCUT2D eigenvalue weighted by atomic mass is 10.0. The van der Waals surface area contributed by atoms with Crippen LogP contribution in [0.2, 0.25) is 0 Å². The van der Waals surface area contributed by atoms with Gasteiger partial charge in [0.25, 0.3) is 0 Å². The smallest absolute Gasteiger partial charge is 0.337 e. The molecule has 1 heterocycles. The van der Waals surface area contributed by atoms with Crippen molar-refractivity contribution in [3.05, 3.63) is 36.0 Å². The Morgan fingerprint density at radius 2 is 2.00 bits per heavy atom. The Labute approximate surface area is 111 Å². The van der Waals surface area contributed by atoms with Crippen LogP contribution >= 0.6 is 0 Å². The van der Waals surface area contributed by atoms with E-state index in [2.05, 4.69) is 16.2 Å². The van der Waals surface area contributed by atoms with Gasteiger partial charge in [0.15, 0.2) is 0 Å². The average Bonchev–Trinajstić information content (AvgIpc) is 2.38. The highest BCUT2D eigenvalue weighted by molar-refractivity contribution is 6.06. The van der Waals surface area contributed by atoms with E-state index >= 15 is 0 Å². The summed E-state index contributed by atoms with van der Waals surface area (Å²) in [6.45, 7) is 3.71. The van der Waals surface area contributed by atoms with Crippen LogP contribution in [0.1, 0.15) is 24.2 Å². The lowest BCUT2D eigenvalue weighted by Crippen LogP contribution is -2.29. The number of carbonyl (C=O) groups is 1. The van der Waals surface area contributed by atoms with Gasteiger partial charge in [-0.1, -0.05) is 30.2 Å². The molecular formula is C15H14N2O2. The molecule has 2 N–H and O–H groups in total. The van der Waals surface area contributed by atoms with Gasteiger partial charge in [0, 0.05) is 17.0 Å². The van der Waals surface area contributed by atoms with Crippen LogP contribution in [0.25, 0.3) is 10.8 Å². The van der Waals surface area contributed by atoms with Crippen molar-refractivity contribution < 1.29 is 9.90 Å². The van der Waals surface area contributed by atoms with Gasteiger partial charge in [-0.15, -0.1) is 6.42 Å². The number of nitrogens with zero attached hydrogens (tertiary/aromatic N) is 1. The highest BCUT2D eigenvalue weighted by Gasteiger charge is 2.17. The molecule has 1 aromatic carbocycles. The predicted molar refractivity (Wildman–Crippen MR) is 75.2 cm³/mol. The van der Waals surface area contributed by atoms with E-state index in [-0.39, 0.29) is 5.56 Å². The Balaban J connectivity index is 2.63. The second-order valence-electron chi connectivity index (χ2n) is 4.77. The maximum absolute atomic E-state index is 11.2. The quantitative estimate of drug-likeness (QED) is 0.827. The first-order valence-electron chi connectivity index (χ1n) is 5.81. The molecule has 0 fully saturated rings. The van der Waals surface area contributed by atoms with Crippen molar-refractivity contribution in [3.63, 3.8) is 0 Å². The average molecular weight is 254 g/mol. The SMILES string of the molecule is C#CC(C)(C)Nc1ncc(C(=O)O)c2ccccc12. The molecule has 0 saturated carbocycles. The number of carboxylic acid groups (broad SMARTS) is 1. The Morgan fingerprint density at radius 3 is 2.58 bits per heavy atom. The summed E-state index contributed by atoms with van der Waals surface area (Å²) < 4.78 is 0. The zero-order valence-corrected chi connectivity index (χ0v) is 10.8. The fourth-order valence-electron chi connectivity index (χ4n) is 1.79. The Hall–Kier alpha value is -2.54. The van der Waals surface area contributed by atoms with E-state index in [0.29, 0.717) is 11.2 Å². The lowest BCUT2D eigenvalue weighted by Gasteiger charge is -2.21. The van der Waals surface area contributed by atoms with Crippen molar-refractivity contribution in [1.29, 1.82) is 0 Å². The van der Waals surface area contributed by atoms with Crippen molar-refractivity contribution >= 4 is 22.6 Å². The molecule has 0 aliphatic heterocycles. The van der Waals surface area contributed by atoms with Crippen molar-refractivity contribution in [2.75, 3.05) is 5.32 Å². The molecule has 0 spiro atoms. The second-order valence-corrected chi connectivity index (χ2v) is 4.77. The van der Waals surface area contributed by atoms with Crippen LogP contribution in [0.3, 0.4) is 0 Å². The van der Waals surface area contributed by atoms with Crippen LogP contribution < -0.4 is 5.32 Å². The maximum atomic E-state index is 11.2. The first-order chi connectivity index (χ1) is 8.94. The van der Waals surface area contributed by atoms with E-state index in [4.69, 9.17) is 11.5 Å². The third kappa shape index (κ3) is 2.50. The van der Waals surface area contributed by atoms with Gasteiger partial charge in [-0.3, -0.25) is 0 Å². The van der Waals surface area contributed by atoms with Crippen LogP contribution in [0, 0.1) is 12.3 Å². The summed E-state index contributed by atoms with van der Waals surface area (Å²) in [4.78, 5) is 15.3. The minimum atomic E-state index is -0.994. The minimum absolute atomic E-state index is 0.180. The molecule has 4 heteroatoms. The highest BCUT2D eigenvalue weighted by Crippen LogP contribution is 2.26. The fourth-order valence-corrected chi connectivity index (χ4v) is 1.79. The van der Waals surface area contributed by atoms with Crippen LogP contribution in [0.5, 0.6) is 0 Å². The van der Waals surface area contributed by atoms with Gasteiger partial charge in [0.2, 0.25) is 0 Å². The molecule has 2 rings (SSSR count). The molecular weight excluding hydrogens is 240 g/mol. The van der Waals surface area contributed by atoms with Crippen LogP contribution in [-0.4, -0.2) is 21.6 Å². The van der Waals surface area contributed by atoms with Gasteiger partial charge in [0.1, 0.15) is 5.82 Å². The molecule has 4 nitrogen and oxygen atoms in total. The number of fused-ring (bicyclic) bond motifs is 1. The Kier molecular flexibility index (Phi) is 3.14. The number of pyridine rings is 1. The molecule has 0 bridgehead atoms. The number of benzene rings is 1. The van der Waals surface area contributed by atoms with E-state index in [1.165, 1.54) is 6.20 Å². The molecule has 96 valence electrons. The number of hydrogen-bond donors (Lipinski definition) is 2. The third-order valence-corrected chi connectivity index (χ3v) is 2.82. The highest BCUT2D eigenvalue weighted by atomic mass is 16.4. The Bertz CT molecular complexity index is 684. The van der Waals surface area contributed by atoms with Gasteiger partial charge >= 0.3 is 5.97 Å². The largest absolute Gasteiger partial charge is 0.478 e. The van der Waals surface area contributed by atoms with Crippen LogP contribution in [-0.2, 0) is 0 Å². The molecule has 0 amide bonds. The number of anilines is 1. The number of nitrogens with one attached hydrogen (secondary N) is 1. The molecule has 0 aliphatic rings. The van der Waals surface area contributed by atoms with Gasteiger partial charge < -0.3 is 10.4 Å². The summed E-state index contributed by atoms with van der Waals surface area (Å²) in [5.41, 5.74) is -0.375. The van der Waals surface area contributed by atoms with Crippen molar-refractivity contribution in [2.24, 2.45) is 0 Å². The van der Waals surface area contributed by atoms with Crippen LogP contribution in [0.15, 0.2) is 30.5 Å². The normalized spacial score (nSPS) is 11.0. The van der Waals surface area contributed by atoms with Gasteiger partial charge in [-0.05, 0) is 13.8 Å². The summed E-state index contributed by atoms with van der Waals surface area (Å²) in [6.07, 6.45) is 6.79. The van der Waals surface area contributed by atoms with E-state index in [1.807, 2.05) is 26.0 Å². The Morgan fingerprint density at radius 1 is 1.37 bits per heavy atom. The maximum Gasteiger partial charge on any atom is 0.337 e. The number of hydrogen-bond acceptors (Lipinski definition) is 3. The van der Waals surface area contributed by atoms with Gasteiger partial charge in [0.05, 0.1) is 11.1 Å². The zero-order valence-electron chi connectivity index (χ0n) is 10.8. The number of rotatable bonds is 3. The number of terminal acetylenes is 1. The molecule has 0 radical (unpaired) electrons. The molecule has 2 aromatic rings. The molecule has 0 saturated heterocycles. The topological polar surface area (TPSA) is 62.2 Å². The molecule has 0 aliphatic carbocycles. The molecule has 1 aromatic heterocycles. The second kappa shape index (κ2) is 4.62. The first-order valence-corrected chi connectivity index (χ1v) is 5.81. The minimum Gasteiger partial charge on any atom is -0.478 e. The van der Waals surface area contributed by atoms with Gasteiger partial charge in [-0.2, -0.15) is 0 Å². The summed E-state index contributed by atoms with van der Waals surface area (Å²) in [5.74, 6) is 2.22. The third-order valence-electron chi connectivity index (χ3n) is 2.82. The van der Waals surface area contributed by atoms with E-state index < -0.39 is 11.5 Å². The van der Waals surface area contributed by atoms with E-state index in [0.717, 1.165) is 5.39 Å². The first kappa shape index (κ1) is 12.9. The molecule has 0 atom stereocenters. The molecule has 19 heavy (non-hydrogen) atoms. The number of aromatic carboxylic acids is 1.